The van der Waals surface area contributed by atoms with Crippen LogP contribution in [-0.4, -0.2) is 85.9 Å². The highest BCUT2D eigenvalue weighted by atomic mass is 32.7. The molecular weight excluding hydrogens is 696 g/mol. The molecule has 244 valence electrons. The smallest absolute Gasteiger partial charge is 0.383 e. The molecule has 5 heterocycles. The Morgan fingerprint density at radius 3 is 2.67 bits per heavy atom. The van der Waals surface area contributed by atoms with Crippen molar-refractivity contribution in [1.82, 2.24) is 24.1 Å². The molecule has 0 saturated carbocycles. The SMILES string of the molecule is C=Nc1c(/C(N)=N\C)sc(=O)n1[C@@H]1O[C@H](CO[P@@](=O)(O)S)C(=O)[C@H]1O[P@](=O)(S)OCC1CC[C@H](n2cnc3c(N)ncnc32)O1. The summed E-state index contributed by atoms with van der Waals surface area (Å²) in [6.07, 6.45) is -2.12. The van der Waals surface area contributed by atoms with Crippen molar-refractivity contribution in [2.75, 3.05) is 26.0 Å². The van der Waals surface area contributed by atoms with Crippen molar-refractivity contribution in [3.63, 3.8) is 0 Å². The number of hydrogen-bond acceptors (Lipinski definition) is 16. The molecular formula is C21H27N9O10P2S3. The molecule has 0 spiro atoms. The van der Waals surface area contributed by atoms with E-state index in [4.69, 9.17) is 34.5 Å². The summed E-state index contributed by atoms with van der Waals surface area (Å²) in [5.74, 6) is -0.828. The molecule has 1 unspecified atom stereocenters. The van der Waals surface area contributed by atoms with E-state index in [9.17, 15) is 23.6 Å². The number of ketones is 1. The second kappa shape index (κ2) is 13.3. The third-order valence-corrected chi connectivity index (χ3v) is 10.1. The van der Waals surface area contributed by atoms with Crippen LogP contribution >= 0.6 is 49.4 Å². The number of hydrogen-bond donors (Lipinski definition) is 5. The second-order valence-electron chi connectivity index (χ2n) is 9.53. The summed E-state index contributed by atoms with van der Waals surface area (Å²) in [6.45, 7) is -6.24. The van der Waals surface area contributed by atoms with Crippen molar-refractivity contribution < 1.29 is 41.9 Å². The lowest BCUT2D eigenvalue weighted by molar-refractivity contribution is -0.127. The molecule has 5 rings (SSSR count). The molecule has 2 fully saturated rings. The number of Topliss-reactive ketones (excluding diaryl/α,β-unsaturated/α-hetero) is 1. The quantitative estimate of drug-likeness (QED) is 0.0770. The maximum atomic E-state index is 13.4. The van der Waals surface area contributed by atoms with E-state index in [0.717, 1.165) is 4.57 Å². The van der Waals surface area contributed by atoms with Crippen LogP contribution in [0.4, 0.5) is 11.6 Å². The Hall–Kier alpha value is -2.49. The number of thiol groups is 2. The second-order valence-corrected chi connectivity index (χ2v) is 16.1. The summed E-state index contributed by atoms with van der Waals surface area (Å²) in [7, 11) is 1.39. The van der Waals surface area contributed by atoms with Gasteiger partial charge in [0.2, 0.25) is 0 Å². The largest absolute Gasteiger partial charge is 0.387 e. The zero-order chi connectivity index (χ0) is 32.7. The summed E-state index contributed by atoms with van der Waals surface area (Å²) in [4.78, 5) is 55.3. The number of fused-ring (bicyclic) bond motifs is 1. The Balaban J connectivity index is 1.33. The van der Waals surface area contributed by atoms with Gasteiger partial charge < -0.3 is 25.8 Å². The molecule has 2 aliphatic rings. The standard InChI is InChI=1S/C21H27N9O10P2S3/c1-24-17(23)15-19(25-2)30(21(32)45-15)20-14(13(31)10(39-20)6-36-41(33,34)43)40-42(35,44)37-5-9-3-4-11(38-9)29-8-28-12-16(22)26-7-27-18(12)29/h7-11,14,20H,2-6H2,1H3,(H2,23,24)(H,35,44)(H2,22,26,27)(H2,33,34,43)/t9?,10-,11-,14-,20-,42-/m1/s1. The number of thiazole rings is 1. The van der Waals surface area contributed by atoms with E-state index in [-0.39, 0.29) is 29.0 Å². The molecule has 0 amide bonds. The third kappa shape index (κ3) is 7.25. The van der Waals surface area contributed by atoms with Crippen LogP contribution in [-0.2, 0) is 37.0 Å². The summed E-state index contributed by atoms with van der Waals surface area (Å²) < 4.78 is 55.1. The van der Waals surface area contributed by atoms with Gasteiger partial charge in [0.15, 0.2) is 35.4 Å². The number of imidazole rings is 1. The molecule has 0 bridgehead atoms. The van der Waals surface area contributed by atoms with Gasteiger partial charge in [0.05, 0.1) is 25.6 Å². The first-order valence-electron chi connectivity index (χ1n) is 12.8. The maximum Gasteiger partial charge on any atom is 0.387 e. The Kier molecular flexibility index (Phi) is 10.0. The Labute approximate surface area is 268 Å². The minimum atomic E-state index is -4.36. The number of carbonyl (C=O) groups excluding carboxylic acids is 1. The van der Waals surface area contributed by atoms with Crippen LogP contribution < -0.4 is 16.3 Å². The molecule has 0 aromatic carbocycles. The monoisotopic (exact) mass is 723 g/mol. The molecule has 0 radical (unpaired) electrons. The number of ether oxygens (including phenoxy) is 2. The van der Waals surface area contributed by atoms with E-state index >= 15 is 0 Å². The predicted molar refractivity (Wildman–Crippen MR) is 168 cm³/mol. The minimum Gasteiger partial charge on any atom is -0.383 e. The summed E-state index contributed by atoms with van der Waals surface area (Å²) in [6, 6.07) is 0. The van der Waals surface area contributed by atoms with Gasteiger partial charge in [-0.05, 0) is 19.6 Å². The molecule has 24 heteroatoms. The number of nitrogen functional groups attached to an aromatic ring is 1. The number of nitrogens with two attached hydrogens (primary N) is 2. The molecule has 7 atom stereocenters. The summed E-state index contributed by atoms with van der Waals surface area (Å²) in [5, 5.41) is 0. The van der Waals surface area contributed by atoms with Crippen molar-refractivity contribution in [2.45, 2.75) is 43.6 Å². The fourth-order valence-electron chi connectivity index (χ4n) is 4.68. The lowest BCUT2D eigenvalue weighted by Crippen LogP contribution is -2.32. The van der Waals surface area contributed by atoms with E-state index in [1.54, 1.807) is 4.57 Å². The number of anilines is 1. The van der Waals surface area contributed by atoms with Gasteiger partial charge in [0.25, 0.3) is 0 Å². The minimum absolute atomic E-state index is 0.0473. The number of aromatic nitrogens is 5. The average molecular weight is 724 g/mol. The van der Waals surface area contributed by atoms with Gasteiger partial charge in [0.1, 0.15) is 34.9 Å². The van der Waals surface area contributed by atoms with Crippen LogP contribution in [0.2, 0.25) is 0 Å². The number of nitrogens with zero attached hydrogens (tertiary/aromatic N) is 7. The predicted octanol–water partition coefficient (Wildman–Crippen LogP) is 1.63. The van der Waals surface area contributed by atoms with Crippen molar-refractivity contribution in [2.24, 2.45) is 15.7 Å². The van der Waals surface area contributed by atoms with Crippen LogP contribution in [0.25, 0.3) is 11.2 Å². The first kappa shape index (κ1) is 33.9. The Bertz CT molecular complexity index is 1810. The van der Waals surface area contributed by atoms with Gasteiger partial charge in [0, 0.05) is 7.05 Å². The summed E-state index contributed by atoms with van der Waals surface area (Å²) >= 11 is 8.10. The topological polar surface area (TPSA) is 260 Å². The lowest BCUT2D eigenvalue weighted by Gasteiger charge is -2.23. The van der Waals surface area contributed by atoms with Gasteiger partial charge in [-0.15, -0.1) is 0 Å². The van der Waals surface area contributed by atoms with Crippen LogP contribution in [0.1, 0.15) is 30.2 Å². The zero-order valence-corrected chi connectivity index (χ0v) is 27.6. The van der Waals surface area contributed by atoms with Crippen molar-refractivity contribution in [1.29, 1.82) is 0 Å². The molecule has 45 heavy (non-hydrogen) atoms. The van der Waals surface area contributed by atoms with E-state index in [1.165, 1.54) is 19.7 Å². The molecule has 5 N–H and O–H groups in total. The molecule has 3 aromatic heterocycles. The molecule has 19 nitrogen and oxygen atoms in total. The van der Waals surface area contributed by atoms with Gasteiger partial charge in [-0.25, -0.2) is 29.1 Å². The van der Waals surface area contributed by atoms with E-state index < -0.39 is 61.6 Å². The normalized spacial score (nSPS) is 26.7. The van der Waals surface area contributed by atoms with Gasteiger partial charge >= 0.3 is 18.5 Å². The summed E-state index contributed by atoms with van der Waals surface area (Å²) in [5.41, 5.74) is 12.7. The lowest BCUT2D eigenvalue weighted by atomic mass is 10.2. The first-order valence-corrected chi connectivity index (χ1v) is 19.0. The maximum absolute atomic E-state index is 13.4. The van der Waals surface area contributed by atoms with Gasteiger partial charge in [-0.3, -0.25) is 37.3 Å². The fraction of sp³-hybridized carbons (Fsp3) is 0.476. The molecule has 2 saturated heterocycles. The molecule has 2 aliphatic heterocycles. The van der Waals surface area contributed by atoms with Gasteiger partial charge in [-0.2, -0.15) is 0 Å². The highest BCUT2D eigenvalue weighted by Crippen LogP contribution is 2.57. The Morgan fingerprint density at radius 2 is 1.98 bits per heavy atom. The average Bonchev–Trinajstić information content (AvgIpc) is 3.76. The third-order valence-electron chi connectivity index (χ3n) is 6.70. The van der Waals surface area contributed by atoms with Crippen molar-refractivity contribution >= 4 is 90.6 Å². The zero-order valence-electron chi connectivity index (χ0n) is 23.2. The van der Waals surface area contributed by atoms with Crippen LogP contribution in [0.5, 0.6) is 0 Å². The first-order chi connectivity index (χ1) is 21.2. The molecule has 0 aliphatic carbocycles. The van der Waals surface area contributed by atoms with E-state index in [2.05, 4.69) is 56.2 Å². The fourth-order valence-corrected chi connectivity index (χ4v) is 7.54. The number of rotatable bonds is 12. The van der Waals surface area contributed by atoms with Crippen molar-refractivity contribution in [3.05, 3.63) is 27.2 Å². The van der Waals surface area contributed by atoms with Crippen LogP contribution in [0.15, 0.2) is 27.4 Å². The van der Waals surface area contributed by atoms with Crippen LogP contribution in [0.3, 0.4) is 0 Å². The number of amidine groups is 1. The van der Waals surface area contributed by atoms with E-state index in [1.807, 2.05) is 0 Å². The molecule has 3 aromatic rings. The van der Waals surface area contributed by atoms with Crippen LogP contribution in [0, 0.1) is 0 Å². The number of aliphatic imine (C=N–C) groups is 2. The Morgan fingerprint density at radius 1 is 1.22 bits per heavy atom. The highest BCUT2D eigenvalue weighted by Gasteiger charge is 2.50. The highest BCUT2D eigenvalue weighted by molar-refractivity contribution is 8.44. The number of carbonyl (C=O) groups is 1. The van der Waals surface area contributed by atoms with E-state index in [0.29, 0.717) is 35.3 Å². The van der Waals surface area contributed by atoms with Gasteiger partial charge in [-0.1, -0.05) is 35.8 Å². The van der Waals surface area contributed by atoms with Crippen molar-refractivity contribution in [3.8, 4) is 0 Å².